The maximum absolute atomic E-state index is 11.9. The Morgan fingerprint density at radius 2 is 2.17 bits per heavy atom. The van der Waals surface area contributed by atoms with Crippen molar-refractivity contribution in [2.24, 2.45) is 0 Å². The summed E-state index contributed by atoms with van der Waals surface area (Å²) in [7, 11) is -1.39. The Labute approximate surface area is 108 Å². The maximum atomic E-state index is 11.9. The highest BCUT2D eigenvalue weighted by Crippen LogP contribution is 2.31. The van der Waals surface area contributed by atoms with E-state index in [4.69, 9.17) is 4.74 Å². The van der Waals surface area contributed by atoms with E-state index < -0.39 is 9.84 Å². The first-order valence-electron chi connectivity index (χ1n) is 6.19. The van der Waals surface area contributed by atoms with Crippen molar-refractivity contribution in [2.75, 3.05) is 26.0 Å². The first-order valence-corrected chi connectivity index (χ1v) is 7.84. The van der Waals surface area contributed by atoms with E-state index in [0.717, 1.165) is 25.1 Å². The zero-order chi connectivity index (χ0) is 13.0. The third kappa shape index (κ3) is 2.91. The molecule has 5 heteroatoms. The predicted molar refractivity (Wildman–Crippen MR) is 70.3 cm³/mol. The summed E-state index contributed by atoms with van der Waals surface area (Å²) in [4.78, 5) is 0.487. The standard InChI is InChI=1S/C13H19NO3S/c1-17-9-4-8-14-12-7-10-18(15,16)13-6-3-2-5-11(12)13/h2-3,5-6,12,14H,4,7-10H2,1H3. The van der Waals surface area contributed by atoms with Crippen molar-refractivity contribution in [3.63, 3.8) is 0 Å². The van der Waals surface area contributed by atoms with Gasteiger partial charge in [0.15, 0.2) is 9.84 Å². The highest BCUT2D eigenvalue weighted by atomic mass is 32.2. The van der Waals surface area contributed by atoms with Crippen LogP contribution in [0.4, 0.5) is 0 Å². The van der Waals surface area contributed by atoms with E-state index >= 15 is 0 Å². The topological polar surface area (TPSA) is 55.4 Å². The van der Waals surface area contributed by atoms with Crippen LogP contribution >= 0.6 is 0 Å². The van der Waals surface area contributed by atoms with Crippen LogP contribution in [0.25, 0.3) is 0 Å². The summed E-state index contributed by atoms with van der Waals surface area (Å²) in [6, 6.07) is 7.42. The molecule has 1 atom stereocenters. The van der Waals surface area contributed by atoms with Crippen LogP contribution < -0.4 is 5.32 Å². The normalized spacial score (nSPS) is 21.5. The molecule has 1 unspecified atom stereocenters. The average molecular weight is 269 g/mol. The van der Waals surface area contributed by atoms with Gasteiger partial charge in [0.2, 0.25) is 0 Å². The molecule has 1 heterocycles. The van der Waals surface area contributed by atoms with E-state index in [1.807, 2.05) is 12.1 Å². The average Bonchev–Trinajstić information content (AvgIpc) is 2.37. The van der Waals surface area contributed by atoms with Crippen molar-refractivity contribution < 1.29 is 13.2 Å². The number of fused-ring (bicyclic) bond motifs is 1. The number of sulfone groups is 1. The summed E-state index contributed by atoms with van der Waals surface area (Å²) in [5.74, 6) is 0.228. The molecule has 100 valence electrons. The Morgan fingerprint density at radius 1 is 1.39 bits per heavy atom. The van der Waals surface area contributed by atoms with Gasteiger partial charge < -0.3 is 10.1 Å². The molecule has 1 N–H and O–H groups in total. The summed E-state index contributed by atoms with van der Waals surface area (Å²) in [5, 5.41) is 3.41. The van der Waals surface area contributed by atoms with Crippen molar-refractivity contribution in [1.82, 2.24) is 5.32 Å². The monoisotopic (exact) mass is 269 g/mol. The molecule has 0 aliphatic carbocycles. The Kier molecular flexibility index (Phi) is 4.37. The quantitative estimate of drug-likeness (QED) is 0.824. The van der Waals surface area contributed by atoms with Gasteiger partial charge >= 0.3 is 0 Å². The molecule has 0 spiro atoms. The molecule has 0 saturated heterocycles. The molecule has 1 aromatic rings. The van der Waals surface area contributed by atoms with Crippen molar-refractivity contribution in [3.8, 4) is 0 Å². The largest absolute Gasteiger partial charge is 0.385 e. The highest BCUT2D eigenvalue weighted by Gasteiger charge is 2.29. The van der Waals surface area contributed by atoms with E-state index in [-0.39, 0.29) is 11.8 Å². The molecule has 0 fully saturated rings. The highest BCUT2D eigenvalue weighted by molar-refractivity contribution is 7.91. The Balaban J connectivity index is 2.11. The van der Waals surface area contributed by atoms with Gasteiger partial charge in [0.1, 0.15) is 0 Å². The van der Waals surface area contributed by atoms with Crippen LogP contribution in [0, 0.1) is 0 Å². The van der Waals surface area contributed by atoms with Gasteiger partial charge in [-0.05, 0) is 31.0 Å². The first-order chi connectivity index (χ1) is 8.65. The van der Waals surface area contributed by atoms with Crippen LogP contribution in [-0.4, -0.2) is 34.4 Å². The van der Waals surface area contributed by atoms with E-state index in [0.29, 0.717) is 11.3 Å². The van der Waals surface area contributed by atoms with Crippen LogP contribution in [-0.2, 0) is 14.6 Å². The lowest BCUT2D eigenvalue weighted by molar-refractivity contribution is 0.193. The summed E-state index contributed by atoms with van der Waals surface area (Å²) in [6.07, 6.45) is 1.58. The van der Waals surface area contributed by atoms with Crippen LogP contribution in [0.5, 0.6) is 0 Å². The Bertz CT molecular complexity index is 499. The van der Waals surface area contributed by atoms with Crippen molar-refractivity contribution >= 4 is 9.84 Å². The van der Waals surface area contributed by atoms with Crippen molar-refractivity contribution in [2.45, 2.75) is 23.8 Å². The SMILES string of the molecule is COCCCNC1CCS(=O)(=O)c2ccccc21. The number of benzene rings is 1. The lowest BCUT2D eigenvalue weighted by Crippen LogP contribution is -2.30. The van der Waals surface area contributed by atoms with E-state index in [9.17, 15) is 8.42 Å². The lowest BCUT2D eigenvalue weighted by Gasteiger charge is -2.26. The minimum Gasteiger partial charge on any atom is -0.385 e. The summed E-state index contributed by atoms with van der Waals surface area (Å²) in [6.45, 7) is 1.56. The molecular formula is C13H19NO3S. The van der Waals surface area contributed by atoms with Gasteiger partial charge in [-0.25, -0.2) is 8.42 Å². The lowest BCUT2D eigenvalue weighted by atomic mass is 10.0. The molecule has 0 amide bonds. The molecule has 1 aromatic carbocycles. The molecule has 1 aliphatic heterocycles. The number of nitrogens with one attached hydrogen (secondary N) is 1. The third-order valence-electron chi connectivity index (χ3n) is 3.22. The number of hydrogen-bond acceptors (Lipinski definition) is 4. The van der Waals surface area contributed by atoms with Crippen LogP contribution in [0.1, 0.15) is 24.4 Å². The molecule has 0 aromatic heterocycles. The summed E-state index contributed by atoms with van der Waals surface area (Å²) in [5.41, 5.74) is 0.904. The minimum absolute atomic E-state index is 0.140. The van der Waals surface area contributed by atoms with Crippen LogP contribution in [0.2, 0.25) is 0 Å². The van der Waals surface area contributed by atoms with Gasteiger partial charge in [-0.2, -0.15) is 0 Å². The second-order valence-electron chi connectivity index (χ2n) is 4.50. The molecule has 4 nitrogen and oxygen atoms in total. The minimum atomic E-state index is -3.07. The Morgan fingerprint density at radius 3 is 2.94 bits per heavy atom. The Hall–Kier alpha value is -0.910. The van der Waals surface area contributed by atoms with Crippen molar-refractivity contribution in [1.29, 1.82) is 0 Å². The van der Waals surface area contributed by atoms with Gasteiger partial charge in [-0.15, -0.1) is 0 Å². The molecule has 0 saturated carbocycles. The van der Waals surface area contributed by atoms with Gasteiger partial charge in [0.25, 0.3) is 0 Å². The van der Waals surface area contributed by atoms with E-state index in [1.165, 1.54) is 0 Å². The fourth-order valence-electron chi connectivity index (χ4n) is 2.29. The summed E-state index contributed by atoms with van der Waals surface area (Å²) < 4.78 is 28.9. The van der Waals surface area contributed by atoms with Gasteiger partial charge in [-0.3, -0.25) is 0 Å². The van der Waals surface area contributed by atoms with E-state index in [2.05, 4.69) is 5.32 Å². The smallest absolute Gasteiger partial charge is 0.178 e. The molecule has 2 rings (SSSR count). The van der Waals surface area contributed by atoms with Crippen molar-refractivity contribution in [3.05, 3.63) is 29.8 Å². The molecule has 18 heavy (non-hydrogen) atoms. The molecular weight excluding hydrogens is 250 g/mol. The van der Waals surface area contributed by atoms with Crippen LogP contribution in [0.3, 0.4) is 0 Å². The number of rotatable bonds is 5. The van der Waals surface area contributed by atoms with Gasteiger partial charge in [-0.1, -0.05) is 18.2 Å². The predicted octanol–water partition coefficient (Wildman–Crippen LogP) is 1.53. The fourth-order valence-corrected chi connectivity index (χ4v) is 3.92. The van der Waals surface area contributed by atoms with Crippen LogP contribution in [0.15, 0.2) is 29.2 Å². The van der Waals surface area contributed by atoms with Gasteiger partial charge in [0.05, 0.1) is 10.6 Å². The second-order valence-corrected chi connectivity index (χ2v) is 6.58. The third-order valence-corrected chi connectivity index (χ3v) is 5.04. The fraction of sp³-hybridized carbons (Fsp3) is 0.538. The molecule has 0 bridgehead atoms. The first kappa shape index (κ1) is 13.5. The number of hydrogen-bond donors (Lipinski definition) is 1. The molecule has 1 aliphatic rings. The second kappa shape index (κ2) is 5.82. The number of methoxy groups -OCH3 is 1. The van der Waals surface area contributed by atoms with E-state index in [1.54, 1.807) is 19.2 Å². The molecule has 0 radical (unpaired) electrons. The maximum Gasteiger partial charge on any atom is 0.178 e. The summed E-state index contributed by atoms with van der Waals surface area (Å²) >= 11 is 0. The number of ether oxygens (including phenoxy) is 1. The zero-order valence-electron chi connectivity index (χ0n) is 10.6. The zero-order valence-corrected chi connectivity index (χ0v) is 11.4. The van der Waals surface area contributed by atoms with Gasteiger partial charge in [0, 0.05) is 19.8 Å².